The van der Waals surface area contributed by atoms with Crippen molar-refractivity contribution in [1.29, 1.82) is 0 Å². The number of hydrogen-bond donors (Lipinski definition) is 1. The third-order valence-electron chi connectivity index (χ3n) is 3.37. The number of benzene rings is 2. The smallest absolute Gasteiger partial charge is 0.241 e. The Hall–Kier alpha value is -1.89. The molecule has 0 aliphatic heterocycles. The SMILES string of the molecule is Cc1cc(S(=O)(=O)NCC(=O)N(C)c2ccccc2)ccc1Cl. The maximum atomic E-state index is 12.2. The van der Waals surface area contributed by atoms with Gasteiger partial charge in [-0.15, -0.1) is 0 Å². The highest BCUT2D eigenvalue weighted by Gasteiger charge is 2.18. The molecule has 0 unspecified atom stereocenters. The number of halogens is 1. The van der Waals surface area contributed by atoms with Crippen molar-refractivity contribution in [2.24, 2.45) is 0 Å². The topological polar surface area (TPSA) is 66.5 Å². The van der Waals surface area contributed by atoms with Gasteiger partial charge in [0, 0.05) is 17.8 Å². The van der Waals surface area contributed by atoms with Gasteiger partial charge in [0.05, 0.1) is 11.4 Å². The van der Waals surface area contributed by atoms with Crippen molar-refractivity contribution < 1.29 is 13.2 Å². The van der Waals surface area contributed by atoms with E-state index in [1.165, 1.54) is 23.1 Å². The van der Waals surface area contributed by atoms with Crippen LogP contribution in [-0.4, -0.2) is 27.9 Å². The molecule has 0 aromatic heterocycles. The average Bonchev–Trinajstić information content (AvgIpc) is 2.55. The summed E-state index contributed by atoms with van der Waals surface area (Å²) in [6.45, 7) is 1.39. The summed E-state index contributed by atoms with van der Waals surface area (Å²) in [5.74, 6) is -0.356. The second-order valence-corrected chi connectivity index (χ2v) is 7.20. The first-order chi connectivity index (χ1) is 10.8. The maximum absolute atomic E-state index is 12.2. The van der Waals surface area contributed by atoms with E-state index in [-0.39, 0.29) is 17.3 Å². The average molecular weight is 353 g/mol. The van der Waals surface area contributed by atoms with Gasteiger partial charge in [0.1, 0.15) is 0 Å². The van der Waals surface area contributed by atoms with Crippen molar-refractivity contribution in [2.75, 3.05) is 18.5 Å². The Labute approximate surface area is 140 Å². The van der Waals surface area contributed by atoms with Crippen LogP contribution in [0.4, 0.5) is 5.69 Å². The van der Waals surface area contributed by atoms with Crippen LogP contribution in [0.5, 0.6) is 0 Å². The molecule has 0 saturated heterocycles. The van der Waals surface area contributed by atoms with Crippen molar-refractivity contribution in [3.8, 4) is 0 Å². The Bertz CT molecular complexity index is 807. The van der Waals surface area contributed by atoms with Gasteiger partial charge < -0.3 is 4.90 Å². The van der Waals surface area contributed by atoms with Crippen molar-refractivity contribution >= 4 is 33.2 Å². The number of hydrogen-bond acceptors (Lipinski definition) is 3. The third-order valence-corrected chi connectivity index (χ3v) is 5.19. The van der Waals surface area contributed by atoms with Crippen molar-refractivity contribution in [3.05, 3.63) is 59.1 Å². The number of para-hydroxylation sites is 1. The second-order valence-electron chi connectivity index (χ2n) is 5.02. The molecule has 1 N–H and O–H groups in total. The summed E-state index contributed by atoms with van der Waals surface area (Å²) in [5.41, 5.74) is 1.35. The quantitative estimate of drug-likeness (QED) is 0.899. The third kappa shape index (κ3) is 4.31. The summed E-state index contributed by atoms with van der Waals surface area (Å²) >= 11 is 5.89. The molecule has 0 heterocycles. The van der Waals surface area contributed by atoms with Gasteiger partial charge in [-0.2, -0.15) is 0 Å². The maximum Gasteiger partial charge on any atom is 0.241 e. The highest BCUT2D eigenvalue weighted by molar-refractivity contribution is 7.89. The number of nitrogens with one attached hydrogen (secondary N) is 1. The zero-order valence-electron chi connectivity index (χ0n) is 12.8. The Morgan fingerprint density at radius 2 is 1.83 bits per heavy atom. The number of carbonyl (C=O) groups excluding carboxylic acids is 1. The highest BCUT2D eigenvalue weighted by Crippen LogP contribution is 2.19. The zero-order valence-corrected chi connectivity index (χ0v) is 14.4. The van der Waals surface area contributed by atoms with Gasteiger partial charge >= 0.3 is 0 Å². The molecule has 5 nitrogen and oxygen atoms in total. The van der Waals surface area contributed by atoms with Gasteiger partial charge in [-0.3, -0.25) is 4.79 Å². The fourth-order valence-electron chi connectivity index (χ4n) is 1.94. The molecule has 0 saturated carbocycles. The molecule has 0 aliphatic carbocycles. The molecule has 0 atom stereocenters. The second kappa shape index (κ2) is 7.12. The largest absolute Gasteiger partial charge is 0.314 e. The summed E-state index contributed by atoms with van der Waals surface area (Å²) < 4.78 is 26.8. The van der Waals surface area contributed by atoms with E-state index in [2.05, 4.69) is 4.72 Å². The van der Waals surface area contributed by atoms with Crippen LogP contribution in [0.1, 0.15) is 5.56 Å². The van der Waals surface area contributed by atoms with E-state index in [9.17, 15) is 13.2 Å². The Balaban J connectivity index is 2.07. The molecule has 2 aromatic rings. The summed E-state index contributed by atoms with van der Waals surface area (Å²) in [6.07, 6.45) is 0. The lowest BCUT2D eigenvalue weighted by Gasteiger charge is -2.17. The van der Waals surface area contributed by atoms with Crippen LogP contribution < -0.4 is 9.62 Å². The Morgan fingerprint density at radius 1 is 1.17 bits per heavy atom. The molecule has 0 bridgehead atoms. The molecule has 2 aromatic carbocycles. The lowest BCUT2D eigenvalue weighted by atomic mass is 10.2. The summed E-state index contributed by atoms with van der Waals surface area (Å²) in [7, 11) is -2.17. The first-order valence-electron chi connectivity index (χ1n) is 6.88. The molecule has 1 amide bonds. The number of amides is 1. The van der Waals surface area contributed by atoms with E-state index in [1.54, 1.807) is 38.2 Å². The molecule has 23 heavy (non-hydrogen) atoms. The predicted octanol–water partition coefficient (Wildman–Crippen LogP) is 2.59. The van der Waals surface area contributed by atoms with E-state index in [4.69, 9.17) is 11.6 Å². The van der Waals surface area contributed by atoms with Crippen LogP contribution in [-0.2, 0) is 14.8 Å². The van der Waals surface area contributed by atoms with Gasteiger partial charge in [0.2, 0.25) is 15.9 Å². The fourth-order valence-corrected chi connectivity index (χ4v) is 3.12. The van der Waals surface area contributed by atoms with E-state index in [0.29, 0.717) is 16.3 Å². The van der Waals surface area contributed by atoms with Crippen LogP contribution in [0.25, 0.3) is 0 Å². The summed E-state index contributed by atoms with van der Waals surface area (Å²) in [6, 6.07) is 13.4. The van der Waals surface area contributed by atoms with E-state index >= 15 is 0 Å². The summed E-state index contributed by atoms with van der Waals surface area (Å²) in [5, 5.41) is 0.490. The minimum absolute atomic E-state index is 0.0783. The number of rotatable bonds is 5. The molecule has 0 spiro atoms. The summed E-state index contributed by atoms with van der Waals surface area (Å²) in [4.78, 5) is 13.6. The fraction of sp³-hybridized carbons (Fsp3) is 0.188. The number of anilines is 1. The monoisotopic (exact) mass is 352 g/mol. The molecule has 2 rings (SSSR count). The van der Waals surface area contributed by atoms with Crippen molar-refractivity contribution in [1.82, 2.24) is 4.72 Å². The van der Waals surface area contributed by atoms with Crippen LogP contribution in [0.3, 0.4) is 0 Å². The lowest BCUT2D eigenvalue weighted by molar-refractivity contribution is -0.117. The van der Waals surface area contributed by atoms with E-state index < -0.39 is 10.0 Å². The van der Waals surface area contributed by atoms with Crippen molar-refractivity contribution in [3.63, 3.8) is 0 Å². The number of carbonyl (C=O) groups is 1. The van der Waals surface area contributed by atoms with Gasteiger partial charge in [-0.05, 0) is 42.8 Å². The molecule has 0 radical (unpaired) electrons. The molecular weight excluding hydrogens is 336 g/mol. The van der Waals surface area contributed by atoms with Gasteiger partial charge in [-0.1, -0.05) is 29.8 Å². The molecule has 0 aliphatic rings. The first-order valence-corrected chi connectivity index (χ1v) is 8.75. The van der Waals surface area contributed by atoms with Crippen LogP contribution in [0.15, 0.2) is 53.4 Å². The minimum Gasteiger partial charge on any atom is -0.314 e. The molecule has 0 fully saturated rings. The van der Waals surface area contributed by atoms with Gasteiger partial charge in [0.15, 0.2) is 0 Å². The normalized spacial score (nSPS) is 11.3. The Morgan fingerprint density at radius 3 is 2.43 bits per heavy atom. The number of likely N-dealkylation sites (N-methyl/N-ethyl adjacent to an activating group) is 1. The Kier molecular flexibility index (Phi) is 5.41. The van der Waals surface area contributed by atoms with Crippen molar-refractivity contribution in [2.45, 2.75) is 11.8 Å². The standard InChI is InChI=1S/C16H17ClN2O3S/c1-12-10-14(8-9-15(12)17)23(21,22)18-11-16(20)19(2)13-6-4-3-5-7-13/h3-10,18H,11H2,1-2H3. The molecular formula is C16H17ClN2O3S. The highest BCUT2D eigenvalue weighted by atomic mass is 35.5. The van der Waals surface area contributed by atoms with Crippen LogP contribution in [0, 0.1) is 6.92 Å². The number of sulfonamides is 1. The van der Waals surface area contributed by atoms with Crippen LogP contribution >= 0.6 is 11.6 Å². The first kappa shape index (κ1) is 17.5. The van der Waals surface area contributed by atoms with Gasteiger partial charge in [0.25, 0.3) is 0 Å². The minimum atomic E-state index is -3.77. The number of nitrogens with zero attached hydrogens (tertiary/aromatic N) is 1. The van der Waals surface area contributed by atoms with Crippen LogP contribution in [0.2, 0.25) is 5.02 Å². The molecule has 7 heteroatoms. The molecule has 122 valence electrons. The zero-order chi connectivity index (χ0) is 17.0. The number of aryl methyl sites for hydroxylation is 1. The lowest BCUT2D eigenvalue weighted by Crippen LogP contribution is -2.38. The van der Waals surface area contributed by atoms with E-state index in [0.717, 1.165) is 0 Å². The van der Waals surface area contributed by atoms with Gasteiger partial charge in [-0.25, -0.2) is 13.1 Å². The predicted molar refractivity (Wildman–Crippen MR) is 91.2 cm³/mol. The van der Waals surface area contributed by atoms with E-state index in [1.807, 2.05) is 6.07 Å².